The molecule has 58 valence electrons. The van der Waals surface area contributed by atoms with E-state index in [4.69, 9.17) is 0 Å². The zero-order chi connectivity index (χ0) is 7.98. The van der Waals surface area contributed by atoms with Gasteiger partial charge in [-0.25, -0.2) is 0 Å². The fraction of sp³-hybridized carbons (Fsp3) is 0.571. The van der Waals surface area contributed by atoms with Gasteiger partial charge in [-0.1, -0.05) is 22.5 Å². The molecule has 2 nitrogen and oxygen atoms in total. The van der Waals surface area contributed by atoms with Crippen LogP contribution in [0, 0.1) is 0 Å². The number of alkyl halides is 1. The van der Waals surface area contributed by atoms with E-state index in [0.29, 0.717) is 6.42 Å². The van der Waals surface area contributed by atoms with Crippen molar-refractivity contribution in [1.29, 1.82) is 0 Å². The van der Waals surface area contributed by atoms with Gasteiger partial charge in [0.25, 0.3) is 0 Å². The van der Waals surface area contributed by atoms with Crippen LogP contribution in [0.5, 0.6) is 0 Å². The Bertz CT molecular complexity index is 132. The third-order valence-electron chi connectivity index (χ3n) is 1.15. The van der Waals surface area contributed by atoms with Gasteiger partial charge < -0.3 is 9.90 Å². The van der Waals surface area contributed by atoms with Gasteiger partial charge in [-0.15, -0.1) is 0 Å². The third kappa shape index (κ3) is 4.56. The van der Waals surface area contributed by atoms with Gasteiger partial charge in [-0.3, -0.25) is 0 Å². The van der Waals surface area contributed by atoms with Crippen molar-refractivity contribution in [2.75, 3.05) is 5.33 Å². The van der Waals surface area contributed by atoms with Crippen LogP contribution in [0.2, 0.25) is 0 Å². The molecule has 3 heteroatoms. The van der Waals surface area contributed by atoms with E-state index in [1.807, 2.05) is 0 Å². The van der Waals surface area contributed by atoms with Gasteiger partial charge in [0.05, 0.1) is 5.97 Å². The molecular weight excluding hydrogens is 196 g/mol. The first-order chi connectivity index (χ1) is 4.68. The number of hydrogen-bond acceptors (Lipinski definition) is 2. The van der Waals surface area contributed by atoms with Gasteiger partial charge in [0.1, 0.15) is 0 Å². The number of hydrogen-bond donors (Lipinski definition) is 0. The molecule has 0 fully saturated rings. The van der Waals surface area contributed by atoms with E-state index in [1.165, 1.54) is 0 Å². The summed E-state index contributed by atoms with van der Waals surface area (Å²) in [5.74, 6) is -1.13. The Kier molecular flexibility index (Phi) is 5.30. The van der Waals surface area contributed by atoms with Crippen molar-refractivity contribution in [3.63, 3.8) is 0 Å². The second kappa shape index (κ2) is 5.47. The number of rotatable bonds is 5. The first-order valence-corrected chi connectivity index (χ1v) is 4.25. The molecule has 0 bridgehead atoms. The number of carboxylic acid groups (broad SMARTS) is 1. The van der Waals surface area contributed by atoms with Gasteiger partial charge in [-0.2, -0.15) is 0 Å². The van der Waals surface area contributed by atoms with Crippen molar-refractivity contribution >= 4 is 21.9 Å². The topological polar surface area (TPSA) is 40.1 Å². The summed E-state index contributed by atoms with van der Waals surface area (Å²) in [4.78, 5) is 10.1. The van der Waals surface area contributed by atoms with Crippen LogP contribution in [0.4, 0.5) is 0 Å². The molecule has 0 saturated carbocycles. The van der Waals surface area contributed by atoms with Crippen LogP contribution in [-0.2, 0) is 4.79 Å². The van der Waals surface area contributed by atoms with Gasteiger partial charge in [-0.05, 0) is 24.8 Å². The Morgan fingerprint density at radius 1 is 1.50 bits per heavy atom. The van der Waals surface area contributed by atoms with E-state index < -0.39 is 5.97 Å². The fourth-order valence-electron chi connectivity index (χ4n) is 0.535. The van der Waals surface area contributed by atoms with Crippen molar-refractivity contribution < 1.29 is 9.90 Å². The molecule has 0 heterocycles. The first kappa shape index (κ1) is 9.69. The van der Waals surface area contributed by atoms with Crippen molar-refractivity contribution in [3.8, 4) is 0 Å². The average molecular weight is 206 g/mol. The summed E-state index contributed by atoms with van der Waals surface area (Å²) < 4.78 is 0. The molecular formula is C7H10BrO2-. The van der Waals surface area contributed by atoms with E-state index in [1.54, 1.807) is 0 Å². The highest BCUT2D eigenvalue weighted by Crippen LogP contribution is 2.04. The zero-order valence-corrected chi connectivity index (χ0v) is 7.32. The quantitative estimate of drug-likeness (QED) is 0.380. The summed E-state index contributed by atoms with van der Waals surface area (Å²) in [7, 11) is 0. The lowest BCUT2D eigenvalue weighted by atomic mass is 10.1. The molecule has 10 heavy (non-hydrogen) atoms. The third-order valence-corrected chi connectivity index (χ3v) is 1.71. The second-order valence-electron chi connectivity index (χ2n) is 2.04. The Labute approximate surface area is 69.1 Å². The fourth-order valence-corrected chi connectivity index (χ4v) is 0.931. The number of carboxylic acids is 1. The lowest BCUT2D eigenvalue weighted by molar-refractivity contribution is -0.299. The maximum Gasteiger partial charge on any atom is 0.0668 e. The summed E-state index contributed by atoms with van der Waals surface area (Å²) in [6, 6.07) is 0. The number of aliphatic carboxylic acids is 1. The van der Waals surface area contributed by atoms with Crippen molar-refractivity contribution in [2.24, 2.45) is 0 Å². The van der Waals surface area contributed by atoms with Gasteiger partial charge in [0.2, 0.25) is 0 Å². The molecule has 0 aromatic carbocycles. The molecule has 0 unspecified atom stereocenters. The monoisotopic (exact) mass is 205 g/mol. The van der Waals surface area contributed by atoms with Gasteiger partial charge >= 0.3 is 0 Å². The molecule has 0 aliphatic rings. The van der Waals surface area contributed by atoms with Crippen LogP contribution in [0.1, 0.15) is 19.3 Å². The normalized spacial score (nSPS) is 9.30. The predicted octanol–water partition coefficient (Wildman–Crippen LogP) is 0.858. The van der Waals surface area contributed by atoms with Crippen LogP contribution >= 0.6 is 15.9 Å². The van der Waals surface area contributed by atoms with Crippen LogP contribution in [-0.4, -0.2) is 11.3 Å². The van der Waals surface area contributed by atoms with Crippen molar-refractivity contribution in [1.82, 2.24) is 0 Å². The highest BCUT2D eigenvalue weighted by Gasteiger charge is 1.93. The van der Waals surface area contributed by atoms with Crippen LogP contribution in [0.25, 0.3) is 0 Å². The Balaban J connectivity index is 3.31. The number of unbranched alkanes of at least 4 members (excludes halogenated alkanes) is 1. The highest BCUT2D eigenvalue weighted by atomic mass is 79.9. The number of carbonyl (C=O) groups excluding carboxylic acids is 1. The van der Waals surface area contributed by atoms with E-state index in [-0.39, 0.29) is 5.57 Å². The summed E-state index contributed by atoms with van der Waals surface area (Å²) in [6.07, 6.45) is 2.37. The van der Waals surface area contributed by atoms with Crippen LogP contribution in [0.3, 0.4) is 0 Å². The number of halogens is 1. The smallest absolute Gasteiger partial charge is 0.0668 e. The van der Waals surface area contributed by atoms with E-state index in [0.717, 1.165) is 18.2 Å². The lowest BCUT2D eigenvalue weighted by Gasteiger charge is -2.03. The Morgan fingerprint density at radius 3 is 2.50 bits per heavy atom. The van der Waals surface area contributed by atoms with Crippen LogP contribution < -0.4 is 5.11 Å². The Morgan fingerprint density at radius 2 is 2.10 bits per heavy atom. The summed E-state index contributed by atoms with van der Waals surface area (Å²) in [6.45, 7) is 3.35. The van der Waals surface area contributed by atoms with E-state index in [2.05, 4.69) is 22.5 Å². The summed E-state index contributed by atoms with van der Waals surface area (Å²) >= 11 is 3.24. The molecule has 0 rings (SSSR count). The standard InChI is InChI=1S/C7H11BrO2/c1-6(7(9)10)4-2-3-5-8/h1-5H2,(H,9,10)/p-1. The van der Waals surface area contributed by atoms with E-state index in [9.17, 15) is 9.90 Å². The molecule has 0 atom stereocenters. The molecule has 0 radical (unpaired) electrons. The minimum Gasteiger partial charge on any atom is -0.545 e. The minimum atomic E-state index is -1.13. The summed E-state index contributed by atoms with van der Waals surface area (Å²) in [5, 5.41) is 11.0. The first-order valence-electron chi connectivity index (χ1n) is 3.13. The molecule has 0 aromatic rings. The maximum absolute atomic E-state index is 10.1. The largest absolute Gasteiger partial charge is 0.545 e. The maximum atomic E-state index is 10.1. The molecule has 0 aliphatic carbocycles. The molecule has 0 N–H and O–H groups in total. The second-order valence-corrected chi connectivity index (χ2v) is 2.83. The highest BCUT2D eigenvalue weighted by molar-refractivity contribution is 9.09. The molecule has 0 amide bonds. The molecule has 0 spiro atoms. The van der Waals surface area contributed by atoms with Crippen molar-refractivity contribution in [2.45, 2.75) is 19.3 Å². The lowest BCUT2D eigenvalue weighted by Crippen LogP contribution is -2.23. The Hall–Kier alpha value is -0.310. The van der Waals surface area contributed by atoms with E-state index >= 15 is 0 Å². The van der Waals surface area contributed by atoms with Gasteiger partial charge in [0.15, 0.2) is 0 Å². The predicted molar refractivity (Wildman–Crippen MR) is 41.8 cm³/mol. The minimum absolute atomic E-state index is 0.195. The molecule has 0 aromatic heterocycles. The molecule has 0 saturated heterocycles. The SMILES string of the molecule is C=C(CCCCBr)C(=O)[O-]. The van der Waals surface area contributed by atoms with Gasteiger partial charge in [0, 0.05) is 5.33 Å². The average Bonchev–Trinajstić information content (AvgIpc) is 1.88. The summed E-state index contributed by atoms with van der Waals surface area (Å²) in [5.41, 5.74) is 0.195. The van der Waals surface area contributed by atoms with Crippen molar-refractivity contribution in [3.05, 3.63) is 12.2 Å². The zero-order valence-electron chi connectivity index (χ0n) is 5.73. The molecule has 0 aliphatic heterocycles. The number of carbonyl (C=O) groups is 1. The van der Waals surface area contributed by atoms with Crippen LogP contribution in [0.15, 0.2) is 12.2 Å².